The molecule has 0 radical (unpaired) electrons. The van der Waals surface area contributed by atoms with Gasteiger partial charge >= 0.3 is 5.97 Å². The number of carboxylic acids is 1. The number of nitrogens with two attached hydrogens (primary N) is 1. The van der Waals surface area contributed by atoms with Crippen LogP contribution in [0.3, 0.4) is 0 Å². The van der Waals surface area contributed by atoms with Gasteiger partial charge in [0.15, 0.2) is 0 Å². The highest BCUT2D eigenvalue weighted by molar-refractivity contribution is 7.89. The zero-order valence-corrected chi connectivity index (χ0v) is 10.6. The van der Waals surface area contributed by atoms with Gasteiger partial charge in [0.25, 0.3) is 0 Å². The number of hydrogen-bond donors (Lipinski definition) is 3. The summed E-state index contributed by atoms with van der Waals surface area (Å²) < 4.78 is 22.0. The zero-order valence-electron chi connectivity index (χ0n) is 9.80. The van der Waals surface area contributed by atoms with Crippen LogP contribution in [-0.2, 0) is 21.2 Å². The minimum absolute atomic E-state index is 0.0877. The lowest BCUT2D eigenvalue weighted by molar-refractivity contribution is -0.136. The molecular weight excluding hydrogens is 256 g/mol. The van der Waals surface area contributed by atoms with E-state index in [1.54, 1.807) is 12.1 Å². The molecule has 0 aliphatic carbocycles. The largest absolute Gasteiger partial charge is 0.481 e. The molecule has 0 amide bonds. The smallest absolute Gasteiger partial charge is 0.304 e. The fourth-order valence-corrected chi connectivity index (χ4v) is 1.91. The van der Waals surface area contributed by atoms with Crippen LogP contribution in [0.1, 0.15) is 12.0 Å². The van der Waals surface area contributed by atoms with Gasteiger partial charge in [0, 0.05) is 6.54 Å². The van der Waals surface area contributed by atoms with Crippen molar-refractivity contribution >= 4 is 16.0 Å². The molecule has 0 heterocycles. The number of benzene rings is 1. The molecule has 0 saturated carbocycles. The van der Waals surface area contributed by atoms with E-state index in [0.717, 1.165) is 5.56 Å². The second-order valence-corrected chi connectivity index (χ2v) is 5.39. The highest BCUT2D eigenvalue weighted by Gasteiger charge is 2.06. The van der Waals surface area contributed by atoms with Crippen LogP contribution in [0.25, 0.3) is 0 Å². The molecule has 1 aromatic carbocycles. The van der Waals surface area contributed by atoms with Crippen LogP contribution in [0.4, 0.5) is 0 Å². The Labute approximate surface area is 106 Å². The quantitative estimate of drug-likeness (QED) is 0.602. The predicted octanol–water partition coefficient (Wildman–Crippen LogP) is -0.0592. The molecule has 0 fully saturated rings. The van der Waals surface area contributed by atoms with E-state index in [4.69, 9.17) is 10.2 Å². The molecule has 0 aliphatic heterocycles. The molecule has 18 heavy (non-hydrogen) atoms. The first-order valence-corrected chi connectivity index (χ1v) is 6.98. The minimum atomic E-state index is -3.64. The van der Waals surface area contributed by atoms with Gasteiger partial charge in [0.1, 0.15) is 0 Å². The molecule has 0 atom stereocenters. The van der Waals surface area contributed by atoms with E-state index in [0.29, 0.717) is 19.5 Å². The maximum atomic E-state index is 11.0. The van der Waals surface area contributed by atoms with Crippen molar-refractivity contribution in [2.24, 2.45) is 5.14 Å². The van der Waals surface area contributed by atoms with Gasteiger partial charge in [-0.2, -0.15) is 0 Å². The van der Waals surface area contributed by atoms with Crippen molar-refractivity contribution in [2.45, 2.75) is 17.7 Å². The fraction of sp³-hybridized carbons (Fsp3) is 0.364. The van der Waals surface area contributed by atoms with Gasteiger partial charge < -0.3 is 10.4 Å². The van der Waals surface area contributed by atoms with Crippen LogP contribution in [-0.4, -0.2) is 32.6 Å². The summed E-state index contributed by atoms with van der Waals surface area (Å²) in [5.41, 5.74) is 0.963. The van der Waals surface area contributed by atoms with Crippen LogP contribution in [0.5, 0.6) is 0 Å². The number of aliphatic carboxylic acids is 1. The SMILES string of the molecule is NS(=O)(=O)c1ccc(CCNCCC(=O)O)cc1. The predicted molar refractivity (Wildman–Crippen MR) is 66.6 cm³/mol. The van der Waals surface area contributed by atoms with E-state index in [1.807, 2.05) is 0 Å². The molecule has 100 valence electrons. The lowest BCUT2D eigenvalue weighted by Crippen LogP contribution is -2.20. The number of carboxylic acid groups (broad SMARTS) is 1. The number of hydrogen-bond acceptors (Lipinski definition) is 4. The van der Waals surface area contributed by atoms with Crippen LogP contribution < -0.4 is 10.5 Å². The Morgan fingerprint density at radius 3 is 2.33 bits per heavy atom. The van der Waals surface area contributed by atoms with Crippen molar-refractivity contribution < 1.29 is 18.3 Å². The van der Waals surface area contributed by atoms with Crippen LogP contribution in [0.15, 0.2) is 29.2 Å². The monoisotopic (exact) mass is 272 g/mol. The lowest BCUT2D eigenvalue weighted by atomic mass is 10.1. The van der Waals surface area contributed by atoms with Crippen LogP contribution in [0, 0.1) is 0 Å². The molecule has 6 nitrogen and oxygen atoms in total. The summed E-state index contributed by atoms with van der Waals surface area (Å²) in [6.07, 6.45) is 0.787. The molecule has 0 aromatic heterocycles. The lowest BCUT2D eigenvalue weighted by Gasteiger charge is -2.04. The Morgan fingerprint density at radius 1 is 1.22 bits per heavy atom. The van der Waals surface area contributed by atoms with Crippen LogP contribution in [0.2, 0.25) is 0 Å². The minimum Gasteiger partial charge on any atom is -0.481 e. The molecule has 0 unspecified atom stereocenters. The third kappa shape index (κ3) is 5.26. The number of nitrogens with one attached hydrogen (secondary N) is 1. The first kappa shape index (κ1) is 14.6. The molecule has 7 heteroatoms. The van der Waals surface area contributed by atoms with Crippen molar-refractivity contribution in [1.29, 1.82) is 0 Å². The Morgan fingerprint density at radius 2 is 1.83 bits per heavy atom. The van der Waals surface area contributed by atoms with Crippen molar-refractivity contribution in [2.75, 3.05) is 13.1 Å². The zero-order chi connectivity index (χ0) is 13.6. The maximum absolute atomic E-state index is 11.0. The number of rotatable bonds is 7. The van der Waals surface area contributed by atoms with E-state index in [-0.39, 0.29) is 11.3 Å². The van der Waals surface area contributed by atoms with Crippen molar-refractivity contribution in [3.8, 4) is 0 Å². The van der Waals surface area contributed by atoms with E-state index in [2.05, 4.69) is 5.32 Å². The van der Waals surface area contributed by atoms with Gasteiger partial charge in [0.05, 0.1) is 11.3 Å². The van der Waals surface area contributed by atoms with Crippen molar-refractivity contribution in [3.63, 3.8) is 0 Å². The van der Waals surface area contributed by atoms with Gasteiger partial charge in [-0.3, -0.25) is 4.79 Å². The second kappa shape index (κ2) is 6.48. The van der Waals surface area contributed by atoms with E-state index in [1.165, 1.54) is 12.1 Å². The van der Waals surface area contributed by atoms with Crippen LogP contribution >= 0.6 is 0 Å². The van der Waals surface area contributed by atoms with Gasteiger partial charge in [-0.25, -0.2) is 13.6 Å². The van der Waals surface area contributed by atoms with Gasteiger partial charge in [-0.1, -0.05) is 12.1 Å². The first-order valence-electron chi connectivity index (χ1n) is 5.44. The molecule has 0 aliphatic rings. The second-order valence-electron chi connectivity index (χ2n) is 3.83. The fourth-order valence-electron chi connectivity index (χ4n) is 1.40. The van der Waals surface area contributed by atoms with Crippen molar-refractivity contribution in [3.05, 3.63) is 29.8 Å². The number of carbonyl (C=O) groups is 1. The van der Waals surface area contributed by atoms with Crippen molar-refractivity contribution in [1.82, 2.24) is 5.32 Å². The molecule has 4 N–H and O–H groups in total. The number of sulfonamides is 1. The summed E-state index contributed by atoms with van der Waals surface area (Å²) in [6, 6.07) is 6.31. The van der Waals surface area contributed by atoms with E-state index >= 15 is 0 Å². The summed E-state index contributed by atoms with van der Waals surface area (Å²) in [6.45, 7) is 1.06. The Kier molecular flexibility index (Phi) is 5.26. The van der Waals surface area contributed by atoms with E-state index in [9.17, 15) is 13.2 Å². The normalized spacial score (nSPS) is 11.4. The summed E-state index contributed by atoms with van der Waals surface area (Å²) in [7, 11) is -3.64. The van der Waals surface area contributed by atoms with Gasteiger partial charge in [-0.05, 0) is 30.7 Å². The molecular formula is C11H16N2O4S. The van der Waals surface area contributed by atoms with Gasteiger partial charge in [-0.15, -0.1) is 0 Å². The summed E-state index contributed by atoms with van der Waals surface area (Å²) in [5.74, 6) is -0.833. The highest BCUT2D eigenvalue weighted by atomic mass is 32.2. The standard InChI is InChI=1S/C11H16N2O4S/c12-18(16,17)10-3-1-9(2-4-10)5-7-13-8-6-11(14)15/h1-4,13H,5-8H2,(H,14,15)(H2,12,16,17). The molecule has 0 bridgehead atoms. The topological polar surface area (TPSA) is 109 Å². The third-order valence-corrected chi connectivity index (χ3v) is 3.29. The maximum Gasteiger partial charge on any atom is 0.304 e. The average Bonchev–Trinajstić information content (AvgIpc) is 2.27. The molecule has 0 saturated heterocycles. The van der Waals surface area contributed by atoms with E-state index < -0.39 is 16.0 Å². The van der Waals surface area contributed by atoms with Gasteiger partial charge in [0.2, 0.25) is 10.0 Å². The Balaban J connectivity index is 2.38. The summed E-state index contributed by atoms with van der Waals surface area (Å²) >= 11 is 0. The first-order chi connectivity index (χ1) is 8.39. The average molecular weight is 272 g/mol. The third-order valence-electron chi connectivity index (χ3n) is 2.36. The Hall–Kier alpha value is -1.44. The molecule has 1 aromatic rings. The highest BCUT2D eigenvalue weighted by Crippen LogP contribution is 2.08. The summed E-state index contributed by atoms with van der Waals surface area (Å²) in [5, 5.41) is 16.4. The Bertz CT molecular complexity index is 496. The molecule has 0 spiro atoms. The molecule has 1 rings (SSSR count). The summed E-state index contributed by atoms with van der Waals surface area (Å²) in [4.78, 5) is 10.3. The number of primary sulfonamides is 1.